The van der Waals surface area contributed by atoms with E-state index in [0.29, 0.717) is 31.9 Å². The number of aliphatic hydroxyl groups excluding tert-OH is 1. The third-order valence-electron chi connectivity index (χ3n) is 6.63. The zero-order chi connectivity index (χ0) is 23.0. The number of hydrogen-bond donors (Lipinski definition) is 2. The van der Waals surface area contributed by atoms with E-state index in [1.54, 1.807) is 6.33 Å². The van der Waals surface area contributed by atoms with Gasteiger partial charge in [-0.25, -0.2) is 15.0 Å². The molecule has 0 aromatic carbocycles. The highest BCUT2D eigenvalue weighted by atomic mass is 16.5. The Morgan fingerprint density at radius 1 is 1.15 bits per heavy atom. The highest BCUT2D eigenvalue weighted by molar-refractivity contribution is 5.88. The molecule has 0 aliphatic carbocycles. The summed E-state index contributed by atoms with van der Waals surface area (Å²) in [6, 6.07) is 3.97. The number of ether oxygens (including phenoxy) is 1. The molecule has 1 unspecified atom stereocenters. The fourth-order valence-corrected chi connectivity index (χ4v) is 4.47. The second-order valence-corrected chi connectivity index (χ2v) is 9.19. The lowest BCUT2D eigenvalue weighted by Crippen LogP contribution is -2.47. The van der Waals surface area contributed by atoms with Gasteiger partial charge in [0.05, 0.1) is 18.5 Å². The second kappa shape index (κ2) is 8.85. The van der Waals surface area contributed by atoms with Crippen molar-refractivity contribution in [3.05, 3.63) is 24.7 Å². The molecule has 0 spiro atoms. The Morgan fingerprint density at radius 2 is 1.97 bits per heavy atom. The number of pyridine rings is 1. The van der Waals surface area contributed by atoms with Crippen LogP contribution in [0.1, 0.15) is 38.3 Å². The number of aromatic nitrogens is 5. The maximum atomic E-state index is 10.4. The lowest BCUT2D eigenvalue weighted by atomic mass is 9.93. The van der Waals surface area contributed by atoms with Crippen LogP contribution in [0.15, 0.2) is 24.7 Å². The van der Waals surface area contributed by atoms with E-state index in [1.165, 1.54) is 0 Å². The molecule has 10 heteroatoms. The van der Waals surface area contributed by atoms with Crippen LogP contribution in [0, 0.1) is 0 Å². The van der Waals surface area contributed by atoms with Crippen molar-refractivity contribution in [1.82, 2.24) is 24.5 Å². The Bertz CT molecular complexity index is 1100. The molecular formula is C23H31N7O3. The quantitative estimate of drug-likeness (QED) is 0.599. The summed E-state index contributed by atoms with van der Waals surface area (Å²) >= 11 is 0. The fraction of sp³-hybridized carbons (Fsp3) is 0.565. The summed E-state index contributed by atoms with van der Waals surface area (Å²) < 4.78 is 8.03. The van der Waals surface area contributed by atoms with Crippen LogP contribution in [0.25, 0.3) is 22.4 Å². The first-order valence-corrected chi connectivity index (χ1v) is 11.6. The van der Waals surface area contributed by atoms with E-state index in [1.807, 2.05) is 41.9 Å². The van der Waals surface area contributed by atoms with Gasteiger partial charge in [0.25, 0.3) is 0 Å². The van der Waals surface area contributed by atoms with Crippen molar-refractivity contribution in [3.8, 4) is 11.3 Å². The van der Waals surface area contributed by atoms with Crippen molar-refractivity contribution in [1.29, 1.82) is 0 Å². The molecule has 2 saturated heterocycles. The van der Waals surface area contributed by atoms with Crippen LogP contribution in [0.3, 0.4) is 0 Å². The molecule has 1 atom stereocenters. The van der Waals surface area contributed by atoms with Gasteiger partial charge in [0.1, 0.15) is 23.3 Å². The minimum atomic E-state index is -1.03. The van der Waals surface area contributed by atoms with Gasteiger partial charge in [-0.1, -0.05) is 0 Å². The molecular weight excluding hydrogens is 422 g/mol. The Kier molecular flexibility index (Phi) is 5.90. The van der Waals surface area contributed by atoms with E-state index in [-0.39, 0.29) is 12.8 Å². The van der Waals surface area contributed by atoms with Gasteiger partial charge < -0.3 is 24.7 Å². The first-order valence-electron chi connectivity index (χ1n) is 11.6. The third kappa shape index (κ3) is 4.25. The van der Waals surface area contributed by atoms with Gasteiger partial charge in [0.2, 0.25) is 5.95 Å². The largest absolute Gasteiger partial charge is 0.393 e. The zero-order valence-corrected chi connectivity index (χ0v) is 19.2. The standard InChI is InChI=1S/C23H31N7O3/c1-28(2)17-7-6-16(13-24-17)19-20-21(30(15-25-20)18-5-3-4-12-33-18)27-22(26-19)29-10-8-23(32,14-31)9-11-29/h6-7,13,15,18,31-32H,3-5,8-12,14H2,1-2H3. The van der Waals surface area contributed by atoms with Crippen LogP contribution in [0.4, 0.5) is 11.8 Å². The maximum Gasteiger partial charge on any atom is 0.228 e. The molecule has 0 bridgehead atoms. The molecule has 2 N–H and O–H groups in total. The molecule has 2 aliphatic rings. The SMILES string of the molecule is CN(C)c1ccc(-c2nc(N3CCC(O)(CO)CC3)nc3c2ncn3C2CCCCO2)cn1. The number of fused-ring (bicyclic) bond motifs is 1. The molecule has 0 radical (unpaired) electrons. The van der Waals surface area contributed by atoms with Crippen LogP contribution >= 0.6 is 0 Å². The van der Waals surface area contributed by atoms with E-state index in [4.69, 9.17) is 14.7 Å². The summed E-state index contributed by atoms with van der Waals surface area (Å²) in [6.07, 6.45) is 7.55. The Morgan fingerprint density at radius 3 is 2.61 bits per heavy atom. The predicted molar refractivity (Wildman–Crippen MR) is 125 cm³/mol. The number of hydrogen-bond acceptors (Lipinski definition) is 9. The number of anilines is 2. The van der Waals surface area contributed by atoms with Gasteiger partial charge in [0, 0.05) is 45.6 Å². The number of imidazole rings is 1. The number of piperidine rings is 1. The molecule has 33 heavy (non-hydrogen) atoms. The van der Waals surface area contributed by atoms with Crippen LogP contribution in [-0.4, -0.2) is 80.7 Å². The van der Waals surface area contributed by atoms with Gasteiger partial charge in [-0.05, 0) is 44.2 Å². The van der Waals surface area contributed by atoms with E-state index in [9.17, 15) is 10.2 Å². The summed E-state index contributed by atoms with van der Waals surface area (Å²) in [5.74, 6) is 1.46. The molecule has 2 aliphatic heterocycles. The summed E-state index contributed by atoms with van der Waals surface area (Å²) in [5, 5.41) is 20.0. The van der Waals surface area contributed by atoms with Gasteiger partial charge in [-0.2, -0.15) is 4.98 Å². The molecule has 10 nitrogen and oxygen atoms in total. The molecule has 3 aromatic rings. The Labute approximate surface area is 192 Å². The average Bonchev–Trinajstić information content (AvgIpc) is 3.28. The minimum Gasteiger partial charge on any atom is -0.393 e. The van der Waals surface area contributed by atoms with Crippen LogP contribution in [0.5, 0.6) is 0 Å². The summed E-state index contributed by atoms with van der Waals surface area (Å²) in [5.41, 5.74) is 2.02. The lowest BCUT2D eigenvalue weighted by molar-refractivity contribution is -0.0327. The van der Waals surface area contributed by atoms with E-state index >= 15 is 0 Å². The van der Waals surface area contributed by atoms with Crippen LogP contribution < -0.4 is 9.80 Å². The second-order valence-electron chi connectivity index (χ2n) is 9.19. The van der Waals surface area contributed by atoms with Gasteiger partial charge in [0.15, 0.2) is 5.65 Å². The molecule has 0 amide bonds. The minimum absolute atomic E-state index is 0.0885. The van der Waals surface area contributed by atoms with E-state index < -0.39 is 5.60 Å². The summed E-state index contributed by atoms with van der Waals surface area (Å²) in [7, 11) is 3.91. The molecule has 176 valence electrons. The highest BCUT2D eigenvalue weighted by Crippen LogP contribution is 2.33. The number of aliphatic hydroxyl groups is 2. The maximum absolute atomic E-state index is 10.4. The van der Waals surface area contributed by atoms with Crippen molar-refractivity contribution < 1.29 is 14.9 Å². The van der Waals surface area contributed by atoms with Gasteiger partial charge >= 0.3 is 0 Å². The van der Waals surface area contributed by atoms with Crippen molar-refractivity contribution in [2.75, 3.05) is 50.2 Å². The molecule has 3 aromatic heterocycles. The summed E-state index contributed by atoms with van der Waals surface area (Å²) in [4.78, 5) is 23.1. The van der Waals surface area contributed by atoms with Crippen molar-refractivity contribution in [3.63, 3.8) is 0 Å². The topological polar surface area (TPSA) is 113 Å². The first-order chi connectivity index (χ1) is 16.0. The molecule has 0 saturated carbocycles. The smallest absolute Gasteiger partial charge is 0.228 e. The fourth-order valence-electron chi connectivity index (χ4n) is 4.47. The average molecular weight is 454 g/mol. The van der Waals surface area contributed by atoms with Crippen LogP contribution in [-0.2, 0) is 4.74 Å². The monoisotopic (exact) mass is 453 g/mol. The molecule has 2 fully saturated rings. The van der Waals surface area contributed by atoms with Crippen molar-refractivity contribution >= 4 is 22.9 Å². The van der Waals surface area contributed by atoms with Gasteiger partial charge in [-0.3, -0.25) is 4.57 Å². The third-order valence-corrected chi connectivity index (χ3v) is 6.63. The van der Waals surface area contributed by atoms with Crippen molar-refractivity contribution in [2.45, 2.75) is 43.9 Å². The Hall–Kier alpha value is -2.82. The number of nitrogens with zero attached hydrogens (tertiary/aromatic N) is 7. The summed E-state index contributed by atoms with van der Waals surface area (Å²) in [6.45, 7) is 1.63. The molecule has 5 heterocycles. The highest BCUT2D eigenvalue weighted by Gasteiger charge is 2.33. The van der Waals surface area contributed by atoms with E-state index in [0.717, 1.165) is 54.1 Å². The lowest BCUT2D eigenvalue weighted by Gasteiger charge is -2.37. The van der Waals surface area contributed by atoms with Gasteiger partial charge in [-0.15, -0.1) is 0 Å². The molecule has 5 rings (SSSR count). The van der Waals surface area contributed by atoms with E-state index in [2.05, 4.69) is 14.9 Å². The predicted octanol–water partition coefficient (Wildman–Crippen LogP) is 1.98. The number of rotatable bonds is 5. The zero-order valence-electron chi connectivity index (χ0n) is 19.2. The normalized spacial score (nSPS) is 20.8. The van der Waals surface area contributed by atoms with Crippen molar-refractivity contribution in [2.24, 2.45) is 0 Å². The van der Waals surface area contributed by atoms with Crippen LogP contribution in [0.2, 0.25) is 0 Å². The Balaban J connectivity index is 1.58. The first kappa shape index (κ1) is 22.0.